The molecular formula is C31H32ClF3N10O4. The van der Waals surface area contributed by atoms with Crippen LogP contribution < -0.4 is 21.7 Å². The molecule has 0 aliphatic carbocycles. The molecule has 258 valence electrons. The predicted octanol–water partition coefficient (Wildman–Crippen LogP) is 2.35. The van der Waals surface area contributed by atoms with Crippen LogP contribution in [0.25, 0.3) is 22.6 Å². The van der Waals surface area contributed by atoms with Gasteiger partial charge in [0.2, 0.25) is 5.91 Å². The van der Waals surface area contributed by atoms with Gasteiger partial charge in [-0.2, -0.15) is 18.3 Å². The number of hydrogen-bond acceptors (Lipinski definition) is 9. The van der Waals surface area contributed by atoms with E-state index in [-0.39, 0.29) is 63.3 Å². The number of β-amino-alcohol motifs (C(OH)–C–C–N with tert-alkyl or cyclic N) is 1. The van der Waals surface area contributed by atoms with Crippen molar-refractivity contribution in [1.82, 2.24) is 46.0 Å². The van der Waals surface area contributed by atoms with E-state index in [1.54, 1.807) is 23.1 Å². The predicted molar refractivity (Wildman–Crippen MR) is 171 cm³/mol. The zero-order valence-corrected chi connectivity index (χ0v) is 26.5. The van der Waals surface area contributed by atoms with Crippen molar-refractivity contribution >= 4 is 35.0 Å². The molecule has 2 fully saturated rings. The van der Waals surface area contributed by atoms with E-state index in [2.05, 4.69) is 41.1 Å². The number of rotatable bonds is 9. The summed E-state index contributed by atoms with van der Waals surface area (Å²) in [6.45, 7) is 1.73. The molecule has 3 atom stereocenters. The average Bonchev–Trinajstić information content (AvgIpc) is 3.89. The first-order valence-corrected chi connectivity index (χ1v) is 15.7. The largest absolute Gasteiger partial charge is 0.435 e. The van der Waals surface area contributed by atoms with Crippen LogP contribution in [0.2, 0.25) is 5.02 Å². The van der Waals surface area contributed by atoms with E-state index in [1.807, 2.05) is 0 Å². The van der Waals surface area contributed by atoms with Gasteiger partial charge < -0.3 is 36.7 Å². The number of H-pyrrole nitrogens is 2. The maximum atomic E-state index is 13.8. The lowest BCUT2D eigenvalue weighted by Crippen LogP contribution is -2.42. The number of aromatic nitrogens is 5. The number of likely N-dealkylation sites (tertiary alicyclic amines) is 1. The van der Waals surface area contributed by atoms with Crippen molar-refractivity contribution in [3.8, 4) is 22.6 Å². The van der Waals surface area contributed by atoms with Crippen LogP contribution in [0.3, 0.4) is 0 Å². The summed E-state index contributed by atoms with van der Waals surface area (Å²) < 4.78 is 41.5. The Morgan fingerprint density at radius 2 is 1.94 bits per heavy atom. The van der Waals surface area contributed by atoms with Crippen LogP contribution in [0.15, 0.2) is 42.7 Å². The fourth-order valence-electron chi connectivity index (χ4n) is 5.86. The molecule has 2 aliphatic heterocycles. The maximum Gasteiger partial charge on any atom is 0.435 e. The third-order valence-corrected chi connectivity index (χ3v) is 8.73. The summed E-state index contributed by atoms with van der Waals surface area (Å²) >= 11 is 6.47. The molecule has 0 spiro atoms. The van der Waals surface area contributed by atoms with Gasteiger partial charge in [-0.15, -0.1) is 0 Å². The van der Waals surface area contributed by atoms with Gasteiger partial charge in [0.25, 0.3) is 11.8 Å². The minimum absolute atomic E-state index is 0.0124. The number of aliphatic hydroxyl groups is 1. The topological polar surface area (TPSA) is 207 Å². The highest BCUT2D eigenvalue weighted by atomic mass is 35.5. The normalized spacial score (nSPS) is 19.3. The fraction of sp³-hybridized carbons (Fsp3) is 0.355. The minimum Gasteiger partial charge on any atom is -0.397 e. The standard InChI is InChI=1S/C31H32ClF3N10O4/c32-20-7-15(1-3-19(20)30(49)45-6-5-16(14-45)10-40-28(47)22-8-18(46)12-38-22)9-41-29(48)27-39-13-23(42-27)24-25(21-4-2-17(36)11-37-21)43-44-26(24)31(33,34)35/h1-4,7,11,13,16,18,22,38,46H,5-6,8-10,12,14,36H2,(H,39,42)(H,40,47)(H,41,48)(H,43,44)/t16-,18-,22+/m1/s1. The monoisotopic (exact) mass is 700 g/mol. The molecule has 0 radical (unpaired) electrons. The number of aliphatic hydroxyl groups excluding tert-OH is 1. The summed E-state index contributed by atoms with van der Waals surface area (Å²) in [7, 11) is 0. The number of amides is 3. The molecule has 2 aliphatic rings. The van der Waals surface area contributed by atoms with Crippen molar-refractivity contribution in [1.29, 1.82) is 0 Å². The minimum atomic E-state index is -4.81. The van der Waals surface area contributed by atoms with Crippen LogP contribution in [0.4, 0.5) is 18.9 Å². The molecule has 0 unspecified atom stereocenters. The van der Waals surface area contributed by atoms with Gasteiger partial charge >= 0.3 is 6.18 Å². The molecule has 8 N–H and O–H groups in total. The van der Waals surface area contributed by atoms with Gasteiger partial charge in [-0.05, 0) is 48.6 Å². The van der Waals surface area contributed by atoms with Crippen LogP contribution in [-0.2, 0) is 17.5 Å². The van der Waals surface area contributed by atoms with Crippen molar-refractivity contribution < 1.29 is 32.7 Å². The molecule has 3 amide bonds. The molecule has 5 heterocycles. The quantitative estimate of drug-likeness (QED) is 0.137. The second-order valence-electron chi connectivity index (χ2n) is 11.9. The fourth-order valence-corrected chi connectivity index (χ4v) is 6.14. The van der Waals surface area contributed by atoms with Crippen molar-refractivity contribution in [2.45, 2.75) is 37.7 Å². The van der Waals surface area contributed by atoms with Gasteiger partial charge in [0, 0.05) is 32.7 Å². The number of carbonyl (C=O) groups excluding carboxylic acids is 3. The summed E-state index contributed by atoms with van der Waals surface area (Å²) in [5.41, 5.74) is 5.27. The Bertz CT molecular complexity index is 1860. The van der Waals surface area contributed by atoms with E-state index >= 15 is 0 Å². The molecule has 1 aromatic carbocycles. The number of nitrogen functional groups attached to an aromatic ring is 1. The molecule has 6 rings (SSSR count). The molecule has 18 heteroatoms. The third kappa shape index (κ3) is 7.53. The highest BCUT2D eigenvalue weighted by Crippen LogP contribution is 2.40. The van der Waals surface area contributed by atoms with Crippen LogP contribution in [0, 0.1) is 5.92 Å². The summed E-state index contributed by atoms with van der Waals surface area (Å²) in [6.07, 6.45) is -1.88. The molecule has 2 saturated heterocycles. The SMILES string of the molecule is Nc1ccc(-c2[nH]nc(C(F)(F)F)c2-c2cnc(C(=O)NCc3ccc(C(=O)N4CC[C@H](CNC(=O)[C@@H]5C[C@@H](O)CN5)C4)c(Cl)c3)[nH]2)nc1. The molecule has 14 nitrogen and oxygen atoms in total. The zero-order valence-electron chi connectivity index (χ0n) is 25.8. The van der Waals surface area contributed by atoms with Gasteiger partial charge in [0.1, 0.15) is 0 Å². The number of carbonyl (C=O) groups is 3. The summed E-state index contributed by atoms with van der Waals surface area (Å²) in [5.74, 6) is -1.29. The number of alkyl halides is 3. The van der Waals surface area contributed by atoms with Crippen LogP contribution in [-0.4, -0.2) is 91.2 Å². The Kier molecular flexibility index (Phi) is 9.58. The number of nitrogens with one attached hydrogen (secondary N) is 5. The first-order chi connectivity index (χ1) is 23.4. The van der Waals surface area contributed by atoms with Gasteiger partial charge in [0.15, 0.2) is 11.5 Å². The third-order valence-electron chi connectivity index (χ3n) is 8.42. The number of aromatic amines is 2. The second kappa shape index (κ2) is 13.9. The Morgan fingerprint density at radius 1 is 1.12 bits per heavy atom. The van der Waals surface area contributed by atoms with E-state index in [1.165, 1.54) is 18.3 Å². The van der Waals surface area contributed by atoms with E-state index in [4.69, 9.17) is 17.3 Å². The van der Waals surface area contributed by atoms with Gasteiger partial charge in [-0.25, -0.2) is 4.98 Å². The highest BCUT2D eigenvalue weighted by Gasteiger charge is 2.39. The summed E-state index contributed by atoms with van der Waals surface area (Å²) in [5, 5.41) is 24.1. The van der Waals surface area contributed by atoms with Gasteiger partial charge in [-0.1, -0.05) is 17.7 Å². The first kappa shape index (κ1) is 33.9. The Labute approximate surface area is 282 Å². The van der Waals surface area contributed by atoms with Crippen molar-refractivity contribution in [2.24, 2.45) is 5.92 Å². The van der Waals surface area contributed by atoms with Crippen molar-refractivity contribution in [2.75, 3.05) is 31.9 Å². The zero-order chi connectivity index (χ0) is 34.9. The Balaban J connectivity index is 1.06. The molecular weight excluding hydrogens is 669 g/mol. The lowest BCUT2D eigenvalue weighted by atomic mass is 10.1. The number of hydrogen-bond donors (Lipinski definition) is 7. The second-order valence-corrected chi connectivity index (χ2v) is 12.3. The summed E-state index contributed by atoms with van der Waals surface area (Å²) in [6, 6.07) is 7.24. The molecule has 0 bridgehead atoms. The number of nitrogens with zero attached hydrogens (tertiary/aromatic N) is 4. The van der Waals surface area contributed by atoms with E-state index < -0.39 is 29.9 Å². The van der Waals surface area contributed by atoms with Crippen LogP contribution in [0.5, 0.6) is 0 Å². The molecule has 49 heavy (non-hydrogen) atoms. The number of nitrogens with two attached hydrogens (primary N) is 1. The Hall–Kier alpha value is -5.00. The van der Waals surface area contributed by atoms with E-state index in [0.29, 0.717) is 50.3 Å². The first-order valence-electron chi connectivity index (χ1n) is 15.3. The van der Waals surface area contributed by atoms with Crippen molar-refractivity contribution in [3.63, 3.8) is 0 Å². The number of imidazole rings is 1. The molecule has 4 aromatic rings. The van der Waals surface area contributed by atoms with E-state index in [0.717, 1.165) is 6.20 Å². The molecule has 0 saturated carbocycles. The summed E-state index contributed by atoms with van der Waals surface area (Å²) in [4.78, 5) is 50.8. The lowest BCUT2D eigenvalue weighted by molar-refractivity contribution is -0.140. The number of pyridine rings is 1. The Morgan fingerprint density at radius 3 is 2.63 bits per heavy atom. The van der Waals surface area contributed by atoms with Crippen LogP contribution in [0.1, 0.15) is 45.1 Å². The lowest BCUT2D eigenvalue weighted by Gasteiger charge is -2.18. The number of halogens is 4. The van der Waals surface area contributed by atoms with Gasteiger partial charge in [-0.3, -0.25) is 24.5 Å². The van der Waals surface area contributed by atoms with Crippen LogP contribution >= 0.6 is 11.6 Å². The maximum absolute atomic E-state index is 13.8. The number of benzene rings is 1. The smallest absolute Gasteiger partial charge is 0.397 e. The van der Waals surface area contributed by atoms with Crippen molar-refractivity contribution in [3.05, 3.63) is 70.4 Å². The number of anilines is 1. The molecule has 3 aromatic heterocycles. The average molecular weight is 701 g/mol. The van der Waals surface area contributed by atoms with Gasteiger partial charge in [0.05, 0.1) is 63.5 Å². The van der Waals surface area contributed by atoms with E-state index in [9.17, 15) is 32.7 Å². The highest BCUT2D eigenvalue weighted by molar-refractivity contribution is 6.33.